The van der Waals surface area contributed by atoms with Crippen molar-refractivity contribution in [2.75, 3.05) is 19.0 Å². The molecule has 0 aliphatic carbocycles. The van der Waals surface area contributed by atoms with E-state index >= 15 is 0 Å². The summed E-state index contributed by atoms with van der Waals surface area (Å²) in [5.41, 5.74) is 5.23. The smallest absolute Gasteiger partial charge is 0.330 e. The predicted molar refractivity (Wildman–Crippen MR) is 103 cm³/mol. The minimum absolute atomic E-state index is 0.0926. The summed E-state index contributed by atoms with van der Waals surface area (Å²) >= 11 is 5.40. The van der Waals surface area contributed by atoms with E-state index in [1.165, 1.54) is 51.4 Å². The average Bonchev–Trinajstić information content (AvgIpc) is 2.53. The lowest BCUT2D eigenvalue weighted by molar-refractivity contribution is 0.261. The fourth-order valence-electron chi connectivity index (χ4n) is 2.17. The minimum atomic E-state index is -4.23. The zero-order chi connectivity index (χ0) is 18.5. The number of halogens is 1. The van der Waals surface area contributed by atoms with Gasteiger partial charge in [0.15, 0.2) is 0 Å². The molecule has 24 heavy (non-hydrogen) atoms. The van der Waals surface area contributed by atoms with Crippen LogP contribution in [0.15, 0.2) is 0 Å². The van der Waals surface area contributed by atoms with Crippen LogP contribution in [0.1, 0.15) is 90.4 Å². The van der Waals surface area contributed by atoms with Gasteiger partial charge in [-0.1, -0.05) is 71.1 Å². The molecule has 0 radical (unpaired) electrons. The van der Waals surface area contributed by atoms with Gasteiger partial charge in [0.1, 0.15) is 0 Å². The van der Waals surface area contributed by atoms with E-state index in [0.29, 0.717) is 6.42 Å². The van der Waals surface area contributed by atoms with Crippen molar-refractivity contribution in [1.82, 2.24) is 0 Å². The fraction of sp³-hybridized carbons (Fsp3) is 1.00. The standard InChI is InChI=1S/C12H26O4S.C5H12ClN/c1-2-3-4-5-6-7-8-9-10-11-12-16-17(13,14)15;6-4-2-1-3-5-7/h2-12H2,1H3,(H,13,14,15);1-5,7H2. The van der Waals surface area contributed by atoms with Gasteiger partial charge in [0.05, 0.1) is 6.61 Å². The van der Waals surface area contributed by atoms with Gasteiger partial charge in [-0.3, -0.25) is 4.55 Å². The summed E-state index contributed by atoms with van der Waals surface area (Å²) in [6.45, 7) is 3.11. The van der Waals surface area contributed by atoms with Crippen LogP contribution in [-0.4, -0.2) is 32.0 Å². The van der Waals surface area contributed by atoms with Crippen LogP contribution in [0.5, 0.6) is 0 Å². The van der Waals surface area contributed by atoms with Crippen LogP contribution in [-0.2, 0) is 14.6 Å². The number of alkyl halides is 1. The van der Waals surface area contributed by atoms with E-state index in [-0.39, 0.29) is 6.61 Å². The van der Waals surface area contributed by atoms with Crippen LogP contribution in [0.4, 0.5) is 0 Å². The lowest BCUT2D eigenvalue weighted by Crippen LogP contribution is -2.04. The molecule has 0 aromatic rings. The molecule has 0 spiro atoms. The van der Waals surface area contributed by atoms with Crippen molar-refractivity contribution in [2.45, 2.75) is 90.4 Å². The van der Waals surface area contributed by atoms with Gasteiger partial charge in [-0.15, -0.1) is 11.6 Å². The number of rotatable bonds is 16. The van der Waals surface area contributed by atoms with Crippen LogP contribution >= 0.6 is 11.6 Å². The van der Waals surface area contributed by atoms with Crippen molar-refractivity contribution in [3.05, 3.63) is 0 Å². The van der Waals surface area contributed by atoms with Crippen molar-refractivity contribution in [2.24, 2.45) is 5.73 Å². The Labute approximate surface area is 154 Å². The first-order valence-corrected chi connectivity index (χ1v) is 11.3. The Balaban J connectivity index is 0. The molecule has 0 amide bonds. The summed E-state index contributed by atoms with van der Waals surface area (Å²) in [6, 6.07) is 0. The second kappa shape index (κ2) is 21.2. The molecule has 0 aliphatic rings. The highest BCUT2D eigenvalue weighted by atomic mass is 35.5. The molecule has 0 rings (SSSR count). The second-order valence-corrected chi connectivity index (χ2v) is 7.44. The van der Waals surface area contributed by atoms with Crippen LogP contribution in [0.2, 0.25) is 0 Å². The third-order valence-corrected chi connectivity index (χ3v) is 4.30. The molecule has 0 atom stereocenters. The third kappa shape index (κ3) is 30.1. The van der Waals surface area contributed by atoms with Crippen molar-refractivity contribution < 1.29 is 17.2 Å². The van der Waals surface area contributed by atoms with E-state index < -0.39 is 10.4 Å². The largest absolute Gasteiger partial charge is 0.397 e. The molecular weight excluding hydrogens is 350 g/mol. The Hall–Kier alpha value is 0.120. The lowest BCUT2D eigenvalue weighted by Gasteiger charge is -2.02. The maximum atomic E-state index is 10.2. The molecule has 0 aliphatic heterocycles. The van der Waals surface area contributed by atoms with E-state index in [0.717, 1.165) is 38.1 Å². The van der Waals surface area contributed by atoms with Crippen LogP contribution < -0.4 is 5.73 Å². The highest BCUT2D eigenvalue weighted by molar-refractivity contribution is 7.80. The first-order valence-electron chi connectivity index (χ1n) is 9.35. The summed E-state index contributed by atoms with van der Waals surface area (Å²) < 4.78 is 33.0. The SMILES string of the molecule is CCCCCCCCCCCCOS(=O)(=O)O.NCCCCCCl. The molecule has 0 unspecified atom stereocenters. The summed E-state index contributed by atoms with van der Waals surface area (Å²) in [5, 5.41) is 0. The summed E-state index contributed by atoms with van der Waals surface area (Å²) in [4.78, 5) is 0. The Morgan fingerprint density at radius 3 is 1.71 bits per heavy atom. The Bertz CT molecular complexity index is 323. The highest BCUT2D eigenvalue weighted by Crippen LogP contribution is 2.10. The lowest BCUT2D eigenvalue weighted by atomic mass is 10.1. The quantitative estimate of drug-likeness (QED) is 0.219. The molecule has 0 saturated carbocycles. The van der Waals surface area contributed by atoms with Crippen molar-refractivity contribution >= 4 is 22.0 Å². The normalized spacial score (nSPS) is 11.2. The molecule has 3 N–H and O–H groups in total. The van der Waals surface area contributed by atoms with E-state index in [4.69, 9.17) is 21.9 Å². The van der Waals surface area contributed by atoms with Gasteiger partial charge >= 0.3 is 10.4 Å². The number of unbranched alkanes of at least 4 members (excludes halogenated alkanes) is 11. The first kappa shape index (κ1) is 26.4. The zero-order valence-corrected chi connectivity index (χ0v) is 16.9. The van der Waals surface area contributed by atoms with Gasteiger partial charge in [-0.2, -0.15) is 8.42 Å². The summed E-state index contributed by atoms with van der Waals surface area (Å²) in [5.74, 6) is 0.778. The first-order chi connectivity index (χ1) is 11.5. The molecule has 0 bridgehead atoms. The topological polar surface area (TPSA) is 89.6 Å². The predicted octanol–water partition coefficient (Wildman–Crippen LogP) is 5.08. The van der Waals surface area contributed by atoms with Crippen LogP contribution in [0.3, 0.4) is 0 Å². The van der Waals surface area contributed by atoms with Crippen LogP contribution in [0.25, 0.3) is 0 Å². The average molecular weight is 388 g/mol. The van der Waals surface area contributed by atoms with Gasteiger partial charge in [0, 0.05) is 5.88 Å². The molecular formula is C17H38ClNO4S. The van der Waals surface area contributed by atoms with Gasteiger partial charge in [0.2, 0.25) is 0 Å². The van der Waals surface area contributed by atoms with E-state index in [2.05, 4.69) is 11.1 Å². The molecule has 148 valence electrons. The van der Waals surface area contributed by atoms with Gasteiger partial charge < -0.3 is 5.73 Å². The molecule has 0 aromatic heterocycles. The monoisotopic (exact) mass is 387 g/mol. The minimum Gasteiger partial charge on any atom is -0.330 e. The van der Waals surface area contributed by atoms with Crippen molar-refractivity contribution in [3.63, 3.8) is 0 Å². The van der Waals surface area contributed by atoms with Crippen molar-refractivity contribution in [3.8, 4) is 0 Å². The van der Waals surface area contributed by atoms with Gasteiger partial charge in [-0.25, -0.2) is 4.18 Å². The highest BCUT2D eigenvalue weighted by Gasteiger charge is 2.02. The van der Waals surface area contributed by atoms with Crippen LogP contribution in [0, 0.1) is 0 Å². The number of hydrogen-bond acceptors (Lipinski definition) is 4. The zero-order valence-electron chi connectivity index (χ0n) is 15.3. The summed E-state index contributed by atoms with van der Waals surface area (Å²) in [6.07, 6.45) is 15.3. The molecule has 7 heteroatoms. The fourth-order valence-corrected chi connectivity index (χ4v) is 2.69. The van der Waals surface area contributed by atoms with Gasteiger partial charge in [-0.05, 0) is 25.8 Å². The Morgan fingerprint density at radius 1 is 0.833 bits per heavy atom. The maximum absolute atomic E-state index is 10.2. The second-order valence-electron chi connectivity index (χ2n) is 5.97. The van der Waals surface area contributed by atoms with E-state index in [1.807, 2.05) is 0 Å². The molecule has 0 fully saturated rings. The third-order valence-electron chi connectivity index (χ3n) is 3.57. The molecule has 0 aromatic carbocycles. The van der Waals surface area contributed by atoms with Crippen molar-refractivity contribution in [1.29, 1.82) is 0 Å². The number of nitrogens with two attached hydrogens (primary N) is 1. The van der Waals surface area contributed by atoms with E-state index in [9.17, 15) is 8.42 Å². The molecule has 5 nitrogen and oxygen atoms in total. The molecule has 0 saturated heterocycles. The van der Waals surface area contributed by atoms with E-state index in [1.54, 1.807) is 0 Å². The number of hydrogen-bond donors (Lipinski definition) is 2. The van der Waals surface area contributed by atoms with Gasteiger partial charge in [0.25, 0.3) is 0 Å². The Kier molecular flexibility index (Phi) is 23.2. The maximum Gasteiger partial charge on any atom is 0.397 e. The summed E-state index contributed by atoms with van der Waals surface area (Å²) in [7, 11) is -4.23. The molecule has 0 heterocycles. The Morgan fingerprint density at radius 2 is 1.29 bits per heavy atom.